The second kappa shape index (κ2) is 6.75. The van der Waals surface area contributed by atoms with E-state index in [1.807, 2.05) is 24.3 Å². The molecule has 0 fully saturated rings. The first kappa shape index (κ1) is 16.9. The molecule has 1 unspecified atom stereocenters. The minimum atomic E-state index is -3.77. The van der Waals surface area contributed by atoms with Gasteiger partial charge in [0.1, 0.15) is 10.0 Å². The van der Waals surface area contributed by atoms with Crippen LogP contribution in [0.15, 0.2) is 50.4 Å². The van der Waals surface area contributed by atoms with Crippen LogP contribution < -0.4 is 4.72 Å². The van der Waals surface area contributed by atoms with Gasteiger partial charge in [0, 0.05) is 21.2 Å². The zero-order valence-corrected chi connectivity index (χ0v) is 15.6. The van der Waals surface area contributed by atoms with Crippen molar-refractivity contribution in [2.24, 2.45) is 0 Å². The summed E-state index contributed by atoms with van der Waals surface area (Å²) in [4.78, 5) is 3.77. The molecule has 1 N–H and O–H groups in total. The van der Waals surface area contributed by atoms with Gasteiger partial charge in [0.25, 0.3) is 0 Å². The molecule has 0 saturated carbocycles. The first-order valence-corrected chi connectivity index (χ1v) is 9.34. The van der Waals surface area contributed by atoms with Gasteiger partial charge >= 0.3 is 0 Å². The van der Waals surface area contributed by atoms with Crippen molar-refractivity contribution in [3.8, 4) is 0 Å². The van der Waals surface area contributed by atoms with E-state index >= 15 is 0 Å². The van der Waals surface area contributed by atoms with Gasteiger partial charge in [0.05, 0.1) is 0 Å². The van der Waals surface area contributed by atoms with E-state index in [9.17, 15) is 8.42 Å². The van der Waals surface area contributed by atoms with Gasteiger partial charge in [-0.15, -0.1) is 0 Å². The number of rotatable bonds is 4. The Kier molecular flexibility index (Phi) is 5.43. The summed E-state index contributed by atoms with van der Waals surface area (Å²) >= 11 is 12.5. The molecule has 2 rings (SSSR count). The quantitative estimate of drug-likeness (QED) is 0.701. The smallest absolute Gasteiger partial charge is 0.242 e. The van der Waals surface area contributed by atoms with E-state index < -0.39 is 16.1 Å². The second-order valence-electron chi connectivity index (χ2n) is 4.31. The zero-order chi connectivity index (χ0) is 15.6. The Morgan fingerprint density at radius 1 is 1.29 bits per heavy atom. The molecule has 4 nitrogen and oxygen atoms in total. The molecule has 0 amide bonds. The Morgan fingerprint density at radius 2 is 1.95 bits per heavy atom. The molecule has 0 bridgehead atoms. The van der Waals surface area contributed by atoms with Crippen LogP contribution in [0.4, 0.5) is 0 Å². The molecule has 0 saturated heterocycles. The van der Waals surface area contributed by atoms with Crippen molar-refractivity contribution in [2.75, 3.05) is 0 Å². The van der Waals surface area contributed by atoms with E-state index in [2.05, 4.69) is 41.6 Å². The van der Waals surface area contributed by atoms with E-state index in [1.165, 1.54) is 12.3 Å². The summed E-state index contributed by atoms with van der Waals surface area (Å²) in [6, 6.07) is 8.42. The number of aromatic nitrogens is 1. The van der Waals surface area contributed by atoms with Gasteiger partial charge in [-0.05, 0) is 40.5 Å². The third-order valence-electron chi connectivity index (χ3n) is 2.77. The van der Waals surface area contributed by atoms with Gasteiger partial charge in [-0.2, -0.15) is 0 Å². The van der Waals surface area contributed by atoms with Crippen LogP contribution in [-0.2, 0) is 10.0 Å². The molecule has 21 heavy (non-hydrogen) atoms. The summed E-state index contributed by atoms with van der Waals surface area (Å²) in [5.41, 5.74) is 0.833. The van der Waals surface area contributed by atoms with Gasteiger partial charge in [-0.1, -0.05) is 45.7 Å². The number of pyridine rings is 1. The van der Waals surface area contributed by atoms with E-state index in [0.717, 1.165) is 10.0 Å². The normalized spacial score (nSPS) is 13.1. The molecule has 2 aromatic rings. The van der Waals surface area contributed by atoms with Gasteiger partial charge in [-0.3, -0.25) is 0 Å². The third-order valence-corrected chi connectivity index (χ3v) is 5.89. The maximum atomic E-state index is 12.4. The topological polar surface area (TPSA) is 59.1 Å². The van der Waals surface area contributed by atoms with E-state index in [0.29, 0.717) is 4.47 Å². The lowest BCUT2D eigenvalue weighted by atomic mass is 10.1. The first-order valence-electron chi connectivity index (χ1n) is 5.89. The lowest BCUT2D eigenvalue weighted by Crippen LogP contribution is -2.27. The molecule has 0 aliphatic heterocycles. The number of hydrogen-bond acceptors (Lipinski definition) is 3. The molecule has 0 aliphatic rings. The number of nitrogens with zero attached hydrogens (tertiary/aromatic N) is 1. The maximum Gasteiger partial charge on any atom is 0.244 e. The summed E-state index contributed by atoms with van der Waals surface area (Å²) in [6.45, 7) is 1.76. The van der Waals surface area contributed by atoms with Crippen molar-refractivity contribution >= 4 is 53.5 Å². The van der Waals surface area contributed by atoms with Gasteiger partial charge in [-0.25, -0.2) is 18.1 Å². The Morgan fingerprint density at radius 3 is 2.62 bits per heavy atom. The van der Waals surface area contributed by atoms with Crippen LogP contribution in [0.25, 0.3) is 0 Å². The highest BCUT2D eigenvalue weighted by Crippen LogP contribution is 2.27. The number of sulfonamides is 1. The molecule has 0 aliphatic carbocycles. The number of benzene rings is 1. The summed E-state index contributed by atoms with van der Waals surface area (Å²) in [5.74, 6) is 0. The third kappa shape index (κ3) is 4.04. The first-order chi connectivity index (χ1) is 9.81. The molecule has 0 spiro atoms. The predicted molar refractivity (Wildman–Crippen MR) is 89.8 cm³/mol. The largest absolute Gasteiger partial charge is 0.244 e. The lowest BCUT2D eigenvalue weighted by molar-refractivity contribution is 0.566. The van der Waals surface area contributed by atoms with Crippen LogP contribution in [0.1, 0.15) is 18.5 Å². The van der Waals surface area contributed by atoms with Crippen molar-refractivity contribution < 1.29 is 8.42 Å². The average molecular weight is 455 g/mol. The minimum absolute atomic E-state index is 0.0579. The fourth-order valence-corrected chi connectivity index (χ4v) is 4.57. The lowest BCUT2D eigenvalue weighted by Gasteiger charge is -2.16. The van der Waals surface area contributed by atoms with Crippen LogP contribution in [0, 0.1) is 0 Å². The van der Waals surface area contributed by atoms with Crippen molar-refractivity contribution in [1.29, 1.82) is 0 Å². The molecule has 1 aromatic carbocycles. The SMILES string of the molecule is CC(NS(=O)(=O)c1cc(Br)cnc1Cl)c1ccccc1Br. The fourth-order valence-electron chi connectivity index (χ4n) is 1.78. The number of nitrogens with one attached hydrogen (secondary N) is 1. The highest BCUT2D eigenvalue weighted by Gasteiger charge is 2.23. The van der Waals surface area contributed by atoms with Crippen molar-refractivity contribution in [3.63, 3.8) is 0 Å². The van der Waals surface area contributed by atoms with Crippen LogP contribution in [0.2, 0.25) is 5.15 Å². The van der Waals surface area contributed by atoms with Gasteiger partial charge in [0.15, 0.2) is 0 Å². The predicted octanol–water partition coefficient (Wildman–Crippen LogP) is 4.30. The molecule has 1 heterocycles. The summed E-state index contributed by atoms with van der Waals surface area (Å²) in [6.07, 6.45) is 1.44. The molecular weight excluding hydrogens is 443 g/mol. The monoisotopic (exact) mass is 452 g/mol. The fraction of sp³-hybridized carbons (Fsp3) is 0.154. The second-order valence-corrected chi connectivity index (χ2v) is 8.12. The standard InChI is InChI=1S/C13H11Br2ClN2O2S/c1-8(10-4-2-3-5-11(10)15)18-21(19,20)12-6-9(14)7-17-13(12)16/h2-8,18H,1H3. The number of hydrogen-bond donors (Lipinski definition) is 1. The Balaban J connectivity index is 2.34. The van der Waals surface area contributed by atoms with Crippen molar-refractivity contribution in [3.05, 3.63) is 56.2 Å². The molecular formula is C13H11Br2ClN2O2S. The summed E-state index contributed by atoms with van der Waals surface area (Å²) in [5, 5.41) is -0.0648. The van der Waals surface area contributed by atoms with Crippen molar-refractivity contribution in [2.45, 2.75) is 17.9 Å². The number of halogens is 3. The van der Waals surface area contributed by atoms with Gasteiger partial charge < -0.3 is 0 Å². The molecule has 1 atom stereocenters. The highest BCUT2D eigenvalue weighted by molar-refractivity contribution is 9.10. The molecule has 1 aromatic heterocycles. The highest BCUT2D eigenvalue weighted by atomic mass is 79.9. The summed E-state index contributed by atoms with van der Waals surface area (Å²) in [7, 11) is -3.77. The van der Waals surface area contributed by atoms with Crippen LogP contribution in [-0.4, -0.2) is 13.4 Å². The van der Waals surface area contributed by atoms with Crippen molar-refractivity contribution in [1.82, 2.24) is 9.71 Å². The van der Waals surface area contributed by atoms with E-state index in [-0.39, 0.29) is 10.0 Å². The Labute approximate surface area is 145 Å². The average Bonchev–Trinajstić information content (AvgIpc) is 2.41. The summed E-state index contributed by atoms with van der Waals surface area (Å²) < 4.78 is 28.8. The molecule has 0 radical (unpaired) electrons. The Hall–Kier alpha value is -0.470. The molecule has 8 heteroatoms. The van der Waals surface area contributed by atoms with E-state index in [4.69, 9.17) is 11.6 Å². The minimum Gasteiger partial charge on any atom is -0.242 e. The Bertz CT molecular complexity index is 769. The molecule has 112 valence electrons. The van der Waals surface area contributed by atoms with Gasteiger partial charge in [0.2, 0.25) is 10.0 Å². The van der Waals surface area contributed by atoms with Crippen LogP contribution >= 0.6 is 43.5 Å². The van der Waals surface area contributed by atoms with E-state index in [1.54, 1.807) is 6.92 Å². The van der Waals surface area contributed by atoms with Crippen LogP contribution in [0.3, 0.4) is 0 Å². The van der Waals surface area contributed by atoms with Crippen LogP contribution in [0.5, 0.6) is 0 Å². The zero-order valence-electron chi connectivity index (χ0n) is 10.8. The maximum absolute atomic E-state index is 12.4.